The van der Waals surface area contributed by atoms with Crippen LogP contribution < -0.4 is 4.74 Å². The normalized spacial score (nSPS) is 10.3. The number of rotatable bonds is 3. The van der Waals surface area contributed by atoms with Gasteiger partial charge in [0.1, 0.15) is 11.6 Å². The first-order valence-corrected chi connectivity index (χ1v) is 5.54. The standard InChI is InChI=1S/C12H10ClFN2O/c1-8-9(6-13)7-15-12(16-8)17-11-4-2-3-10(14)5-11/h2-5,7H,6H2,1H3. The molecular formula is C12H10ClFN2O. The van der Waals surface area contributed by atoms with Crippen molar-refractivity contribution in [1.29, 1.82) is 0 Å². The van der Waals surface area contributed by atoms with E-state index in [2.05, 4.69) is 9.97 Å². The quantitative estimate of drug-likeness (QED) is 0.785. The summed E-state index contributed by atoms with van der Waals surface area (Å²) in [4.78, 5) is 8.12. The molecular weight excluding hydrogens is 243 g/mol. The minimum absolute atomic E-state index is 0.182. The van der Waals surface area contributed by atoms with E-state index in [0.29, 0.717) is 11.6 Å². The van der Waals surface area contributed by atoms with Gasteiger partial charge in [-0.2, -0.15) is 4.98 Å². The van der Waals surface area contributed by atoms with Crippen LogP contribution in [-0.4, -0.2) is 9.97 Å². The van der Waals surface area contributed by atoms with Crippen LogP contribution >= 0.6 is 11.6 Å². The predicted molar refractivity (Wildman–Crippen MR) is 62.8 cm³/mol. The van der Waals surface area contributed by atoms with E-state index < -0.39 is 0 Å². The summed E-state index contributed by atoms with van der Waals surface area (Å²) in [5.41, 5.74) is 1.60. The Morgan fingerprint density at radius 2 is 2.24 bits per heavy atom. The topological polar surface area (TPSA) is 35.0 Å². The van der Waals surface area contributed by atoms with Crippen molar-refractivity contribution in [3.8, 4) is 11.8 Å². The molecule has 0 fully saturated rings. The lowest BCUT2D eigenvalue weighted by Gasteiger charge is -2.06. The summed E-state index contributed by atoms with van der Waals surface area (Å²) in [5, 5.41) is 0. The molecule has 1 heterocycles. The van der Waals surface area contributed by atoms with Gasteiger partial charge in [0.15, 0.2) is 0 Å². The molecule has 17 heavy (non-hydrogen) atoms. The highest BCUT2D eigenvalue weighted by Crippen LogP contribution is 2.19. The van der Waals surface area contributed by atoms with E-state index in [1.165, 1.54) is 12.1 Å². The second-order valence-corrected chi connectivity index (χ2v) is 3.72. The number of ether oxygens (including phenoxy) is 1. The lowest BCUT2D eigenvalue weighted by atomic mass is 10.3. The molecule has 5 heteroatoms. The molecule has 0 amide bonds. The number of benzene rings is 1. The molecule has 1 aromatic carbocycles. The van der Waals surface area contributed by atoms with Crippen molar-refractivity contribution in [3.63, 3.8) is 0 Å². The van der Waals surface area contributed by atoms with E-state index >= 15 is 0 Å². The highest BCUT2D eigenvalue weighted by molar-refractivity contribution is 6.17. The average molecular weight is 253 g/mol. The number of nitrogens with zero attached hydrogens (tertiary/aromatic N) is 2. The summed E-state index contributed by atoms with van der Waals surface area (Å²) in [5.74, 6) is 0.353. The zero-order valence-electron chi connectivity index (χ0n) is 9.15. The van der Waals surface area contributed by atoms with E-state index in [1.807, 2.05) is 6.92 Å². The molecule has 0 unspecified atom stereocenters. The molecule has 0 saturated carbocycles. The first-order chi connectivity index (χ1) is 8.19. The molecule has 0 N–H and O–H groups in total. The summed E-state index contributed by atoms with van der Waals surface area (Å²) in [6.45, 7) is 1.82. The molecule has 0 spiro atoms. The van der Waals surface area contributed by atoms with Gasteiger partial charge in [-0.05, 0) is 19.1 Å². The fraction of sp³-hybridized carbons (Fsp3) is 0.167. The van der Waals surface area contributed by atoms with Crippen LogP contribution in [0.25, 0.3) is 0 Å². The van der Waals surface area contributed by atoms with Gasteiger partial charge in [-0.25, -0.2) is 9.37 Å². The van der Waals surface area contributed by atoms with Crippen LogP contribution in [0.15, 0.2) is 30.5 Å². The maximum Gasteiger partial charge on any atom is 0.322 e. The summed E-state index contributed by atoms with van der Waals surface area (Å²) in [6, 6.07) is 5.99. The van der Waals surface area contributed by atoms with E-state index in [-0.39, 0.29) is 11.8 Å². The average Bonchev–Trinajstić information content (AvgIpc) is 2.29. The molecule has 0 bridgehead atoms. The van der Waals surface area contributed by atoms with Crippen molar-refractivity contribution in [1.82, 2.24) is 9.97 Å². The molecule has 0 atom stereocenters. The fourth-order valence-corrected chi connectivity index (χ4v) is 1.55. The SMILES string of the molecule is Cc1nc(Oc2cccc(F)c2)ncc1CCl. The molecule has 0 aliphatic carbocycles. The Kier molecular flexibility index (Phi) is 3.54. The van der Waals surface area contributed by atoms with E-state index in [0.717, 1.165) is 11.3 Å². The first kappa shape index (κ1) is 11.8. The predicted octanol–water partition coefficient (Wildman–Crippen LogP) is 3.46. The second-order valence-electron chi connectivity index (χ2n) is 3.46. The van der Waals surface area contributed by atoms with Crippen molar-refractivity contribution >= 4 is 11.6 Å². The second kappa shape index (κ2) is 5.10. The van der Waals surface area contributed by atoms with Gasteiger partial charge < -0.3 is 4.74 Å². The van der Waals surface area contributed by atoms with Crippen LogP contribution in [0, 0.1) is 12.7 Å². The lowest BCUT2D eigenvalue weighted by Crippen LogP contribution is -1.97. The Bertz CT molecular complexity index is 534. The third-order valence-electron chi connectivity index (χ3n) is 2.21. The Morgan fingerprint density at radius 1 is 1.41 bits per heavy atom. The number of hydrogen-bond acceptors (Lipinski definition) is 3. The van der Waals surface area contributed by atoms with Crippen LogP contribution in [-0.2, 0) is 5.88 Å². The summed E-state index contributed by atoms with van der Waals surface area (Å²) >= 11 is 5.70. The van der Waals surface area contributed by atoms with Gasteiger partial charge in [0.2, 0.25) is 0 Å². The lowest BCUT2D eigenvalue weighted by molar-refractivity contribution is 0.436. The highest BCUT2D eigenvalue weighted by Gasteiger charge is 2.05. The van der Waals surface area contributed by atoms with Crippen molar-refractivity contribution in [2.24, 2.45) is 0 Å². The fourth-order valence-electron chi connectivity index (χ4n) is 1.29. The van der Waals surface area contributed by atoms with Gasteiger partial charge in [-0.1, -0.05) is 6.07 Å². The number of hydrogen-bond donors (Lipinski definition) is 0. The minimum Gasteiger partial charge on any atom is -0.424 e. The molecule has 2 aromatic rings. The number of aryl methyl sites for hydroxylation is 1. The number of halogens is 2. The zero-order valence-corrected chi connectivity index (χ0v) is 9.91. The third kappa shape index (κ3) is 2.91. The Morgan fingerprint density at radius 3 is 2.88 bits per heavy atom. The van der Waals surface area contributed by atoms with Crippen LogP contribution in [0.1, 0.15) is 11.3 Å². The first-order valence-electron chi connectivity index (χ1n) is 5.01. The molecule has 0 radical (unpaired) electrons. The van der Waals surface area contributed by atoms with Gasteiger partial charge in [0, 0.05) is 23.5 Å². The molecule has 1 aromatic heterocycles. The van der Waals surface area contributed by atoms with Crippen molar-refractivity contribution in [2.75, 3.05) is 0 Å². The van der Waals surface area contributed by atoms with E-state index in [9.17, 15) is 4.39 Å². The van der Waals surface area contributed by atoms with E-state index in [1.54, 1.807) is 18.3 Å². The Balaban J connectivity index is 2.22. The van der Waals surface area contributed by atoms with Crippen LogP contribution in [0.5, 0.6) is 11.8 Å². The van der Waals surface area contributed by atoms with Crippen molar-refractivity contribution < 1.29 is 9.13 Å². The Labute approximate surface area is 103 Å². The van der Waals surface area contributed by atoms with Gasteiger partial charge in [0.05, 0.1) is 5.88 Å². The molecule has 0 saturated heterocycles. The van der Waals surface area contributed by atoms with E-state index in [4.69, 9.17) is 16.3 Å². The molecule has 3 nitrogen and oxygen atoms in total. The minimum atomic E-state index is -0.364. The monoisotopic (exact) mass is 252 g/mol. The van der Waals surface area contributed by atoms with Crippen LogP contribution in [0.2, 0.25) is 0 Å². The summed E-state index contributed by atoms with van der Waals surface area (Å²) in [7, 11) is 0. The number of aromatic nitrogens is 2. The van der Waals surface area contributed by atoms with Crippen LogP contribution in [0.4, 0.5) is 4.39 Å². The molecule has 88 valence electrons. The van der Waals surface area contributed by atoms with Crippen molar-refractivity contribution in [3.05, 3.63) is 47.5 Å². The van der Waals surface area contributed by atoms with Gasteiger partial charge in [0.25, 0.3) is 0 Å². The molecule has 0 aliphatic rings. The van der Waals surface area contributed by atoms with Crippen LogP contribution in [0.3, 0.4) is 0 Å². The third-order valence-corrected chi connectivity index (χ3v) is 2.50. The molecule has 0 aliphatic heterocycles. The Hall–Kier alpha value is -1.68. The van der Waals surface area contributed by atoms with Gasteiger partial charge >= 0.3 is 6.01 Å². The largest absolute Gasteiger partial charge is 0.424 e. The number of alkyl halides is 1. The zero-order chi connectivity index (χ0) is 12.3. The van der Waals surface area contributed by atoms with Crippen molar-refractivity contribution in [2.45, 2.75) is 12.8 Å². The van der Waals surface area contributed by atoms with Gasteiger partial charge in [-0.3, -0.25) is 0 Å². The molecule has 2 rings (SSSR count). The van der Waals surface area contributed by atoms with Gasteiger partial charge in [-0.15, -0.1) is 11.6 Å². The summed E-state index contributed by atoms with van der Waals surface area (Å²) < 4.78 is 18.3. The summed E-state index contributed by atoms with van der Waals surface area (Å²) in [6.07, 6.45) is 1.60. The highest BCUT2D eigenvalue weighted by atomic mass is 35.5. The maximum atomic E-state index is 12.9. The smallest absolute Gasteiger partial charge is 0.322 e. The maximum absolute atomic E-state index is 12.9.